The maximum absolute atomic E-state index is 5.54. The monoisotopic (exact) mass is 1150 g/mol. The van der Waals surface area contributed by atoms with E-state index in [0.717, 1.165) is 66.9 Å². The van der Waals surface area contributed by atoms with Gasteiger partial charge in [0.15, 0.2) is 17.5 Å². The summed E-state index contributed by atoms with van der Waals surface area (Å²) in [5.74, 6) is 1.77. The maximum Gasteiger partial charge on any atom is 0.164 e. The Labute approximate surface area is 521 Å². The van der Waals surface area contributed by atoms with Crippen molar-refractivity contribution in [2.45, 2.75) is 57.8 Å². The molecule has 3 aliphatic rings. The lowest BCUT2D eigenvalue weighted by Gasteiger charge is -2.21. The molecule has 0 saturated carbocycles. The van der Waals surface area contributed by atoms with Crippen molar-refractivity contribution >= 4 is 65.4 Å². The van der Waals surface area contributed by atoms with Gasteiger partial charge in [0, 0.05) is 82.3 Å². The van der Waals surface area contributed by atoms with Crippen LogP contribution in [0.25, 0.3) is 150 Å². The van der Waals surface area contributed by atoms with Crippen LogP contribution in [0.15, 0.2) is 255 Å². The molecule has 0 spiro atoms. The van der Waals surface area contributed by atoms with E-state index in [1.807, 2.05) is 0 Å². The molecule has 4 heterocycles. The molecule has 12 aromatic carbocycles. The second-order valence-corrected chi connectivity index (χ2v) is 26.7. The van der Waals surface area contributed by atoms with Crippen LogP contribution in [0, 0.1) is 0 Å². The molecule has 0 radical (unpaired) electrons. The first-order valence-electron chi connectivity index (χ1n) is 31.5. The Bertz CT molecular complexity index is 5260. The molecule has 0 saturated heterocycles. The van der Waals surface area contributed by atoms with Crippen LogP contribution in [0.5, 0.6) is 0 Å². The zero-order chi connectivity index (χ0) is 60.1. The number of aromatic nitrogens is 6. The second kappa shape index (κ2) is 18.1. The summed E-state index contributed by atoms with van der Waals surface area (Å²) < 4.78 is 7.29. The van der Waals surface area contributed by atoms with Gasteiger partial charge in [-0.3, -0.25) is 0 Å². The van der Waals surface area contributed by atoms with E-state index >= 15 is 0 Å². The van der Waals surface area contributed by atoms with Gasteiger partial charge >= 0.3 is 0 Å². The van der Waals surface area contributed by atoms with Crippen LogP contribution in [-0.2, 0) is 16.2 Å². The second-order valence-electron chi connectivity index (χ2n) is 26.7. The molecule has 90 heavy (non-hydrogen) atoms. The Morgan fingerprint density at radius 3 is 0.833 bits per heavy atom. The average Bonchev–Trinajstić information content (AvgIpc) is 1.57. The summed E-state index contributed by atoms with van der Waals surface area (Å²) in [6.45, 7) is 14.2. The van der Waals surface area contributed by atoms with Gasteiger partial charge in [-0.05, 0) is 140 Å². The van der Waals surface area contributed by atoms with Gasteiger partial charge in [0.1, 0.15) is 0 Å². The molecule has 0 unspecified atom stereocenters. The van der Waals surface area contributed by atoms with E-state index in [0.29, 0.717) is 17.5 Å². The first-order valence-corrected chi connectivity index (χ1v) is 31.5. The third-order valence-corrected chi connectivity index (χ3v) is 20.9. The zero-order valence-electron chi connectivity index (χ0n) is 50.9. The minimum atomic E-state index is -0.127. The summed E-state index contributed by atoms with van der Waals surface area (Å²) in [6, 6.07) is 94.0. The molecular weight excluding hydrogens is 1090 g/mol. The van der Waals surface area contributed by atoms with Gasteiger partial charge in [-0.25, -0.2) is 15.0 Å². The van der Waals surface area contributed by atoms with E-state index in [2.05, 4.69) is 310 Å². The van der Waals surface area contributed by atoms with Crippen molar-refractivity contribution in [3.63, 3.8) is 0 Å². The SMILES string of the molecule is CC1(C)c2ccccc2-c2c1ccc1c2c2ccccc2n1-c1cccc(-c2nc(-c3cccc(-n4c5ccccc5c5c6c(ccc54)C(C)(C)c4ccccc4-6)c3)nc(-c3cccc(-n4c5ccccc5c5c6c(ccc54)C(C)(C)c4ccccc4-6)c3)n2)c1. The number of hydrogen-bond acceptors (Lipinski definition) is 3. The summed E-state index contributed by atoms with van der Waals surface area (Å²) >= 11 is 0. The molecule has 0 bridgehead atoms. The molecule has 3 aliphatic carbocycles. The number of rotatable bonds is 6. The van der Waals surface area contributed by atoms with Crippen LogP contribution in [0.2, 0.25) is 0 Å². The fourth-order valence-electron chi connectivity index (χ4n) is 16.7. The minimum Gasteiger partial charge on any atom is -0.309 e. The van der Waals surface area contributed by atoms with Gasteiger partial charge in [-0.15, -0.1) is 0 Å². The van der Waals surface area contributed by atoms with Crippen LogP contribution in [0.1, 0.15) is 74.9 Å². The lowest BCUT2D eigenvalue weighted by atomic mass is 9.82. The van der Waals surface area contributed by atoms with Crippen LogP contribution in [0.4, 0.5) is 0 Å². The van der Waals surface area contributed by atoms with E-state index < -0.39 is 0 Å². The summed E-state index contributed by atoms with van der Waals surface area (Å²) in [7, 11) is 0. The first-order chi connectivity index (χ1) is 43.9. The molecule has 6 heteroatoms. The molecule has 0 atom stereocenters. The fraction of sp³-hybridized carbons (Fsp3) is 0.107. The highest BCUT2D eigenvalue weighted by Crippen LogP contribution is 2.57. The Morgan fingerprint density at radius 1 is 0.244 bits per heavy atom. The highest BCUT2D eigenvalue weighted by molar-refractivity contribution is 6.20. The Hall–Kier alpha value is -11.0. The standard InChI is InChI=1S/C84H60N6/c1-82(2)61-34-13-7-28-55(61)73-64(82)40-43-70-76(73)58-31-10-16-37-67(58)88(70)52-25-19-22-49(46-52)79-85-80(50-23-20-26-53(47-50)89-68-38-17-11-32-59(68)77-71(89)44-41-65-74(77)56-29-8-14-35-62(56)83(65,3)4)87-81(86-79)51-24-21-27-54(48-51)90-69-39-18-12-33-60(69)78-72(90)45-42-66-75(78)57-30-9-15-36-63(57)84(66,5)6/h7-48H,1-6H3. The normalized spacial score (nSPS) is 14.6. The van der Waals surface area contributed by atoms with Crippen LogP contribution < -0.4 is 0 Å². The van der Waals surface area contributed by atoms with Gasteiger partial charge in [0.2, 0.25) is 0 Å². The van der Waals surface area contributed by atoms with Crippen molar-refractivity contribution in [1.29, 1.82) is 0 Å². The topological polar surface area (TPSA) is 53.5 Å². The summed E-state index contributed by atoms with van der Waals surface area (Å²) in [6.07, 6.45) is 0. The first kappa shape index (κ1) is 51.1. The van der Waals surface area contributed by atoms with Crippen molar-refractivity contribution in [2.24, 2.45) is 0 Å². The summed E-state index contributed by atoms with van der Waals surface area (Å²) in [4.78, 5) is 16.6. The third-order valence-electron chi connectivity index (χ3n) is 20.9. The number of fused-ring (bicyclic) bond motifs is 21. The Balaban J connectivity index is 0.813. The molecule has 4 aromatic heterocycles. The predicted molar refractivity (Wildman–Crippen MR) is 372 cm³/mol. The lowest BCUT2D eigenvalue weighted by molar-refractivity contribution is 0.660. The minimum absolute atomic E-state index is 0.127. The van der Waals surface area contributed by atoms with Gasteiger partial charge in [-0.1, -0.05) is 224 Å². The van der Waals surface area contributed by atoms with E-state index in [9.17, 15) is 0 Å². The fourth-order valence-corrected chi connectivity index (χ4v) is 16.7. The van der Waals surface area contributed by atoms with Crippen molar-refractivity contribution in [3.05, 3.63) is 288 Å². The highest BCUT2D eigenvalue weighted by atomic mass is 15.0. The van der Waals surface area contributed by atoms with Crippen molar-refractivity contribution < 1.29 is 0 Å². The summed E-state index contributed by atoms with van der Waals surface area (Å²) in [5, 5.41) is 7.52. The number of benzene rings is 12. The molecule has 0 amide bonds. The zero-order valence-corrected chi connectivity index (χ0v) is 50.9. The van der Waals surface area contributed by atoms with E-state index in [4.69, 9.17) is 15.0 Å². The van der Waals surface area contributed by atoms with Gasteiger partial charge < -0.3 is 13.7 Å². The molecule has 426 valence electrons. The maximum atomic E-state index is 5.54. The van der Waals surface area contributed by atoms with E-state index in [1.165, 1.54) is 99.1 Å². The largest absolute Gasteiger partial charge is 0.309 e. The van der Waals surface area contributed by atoms with E-state index in [-0.39, 0.29) is 16.2 Å². The van der Waals surface area contributed by atoms with Crippen LogP contribution in [0.3, 0.4) is 0 Å². The van der Waals surface area contributed by atoms with Gasteiger partial charge in [0.05, 0.1) is 33.1 Å². The molecule has 0 fully saturated rings. The predicted octanol–water partition coefficient (Wildman–Crippen LogP) is 21.1. The van der Waals surface area contributed by atoms with Crippen molar-refractivity contribution in [2.75, 3.05) is 0 Å². The van der Waals surface area contributed by atoms with Crippen LogP contribution >= 0.6 is 0 Å². The number of nitrogens with zero attached hydrogens (tertiary/aromatic N) is 6. The quantitative estimate of drug-likeness (QED) is 0.167. The molecule has 0 N–H and O–H groups in total. The van der Waals surface area contributed by atoms with Crippen molar-refractivity contribution in [1.82, 2.24) is 28.7 Å². The molecule has 0 aliphatic heterocycles. The van der Waals surface area contributed by atoms with E-state index in [1.54, 1.807) is 0 Å². The smallest absolute Gasteiger partial charge is 0.164 e. The van der Waals surface area contributed by atoms with Crippen LogP contribution in [-0.4, -0.2) is 28.7 Å². The Kier molecular flexibility index (Phi) is 10.3. The lowest BCUT2D eigenvalue weighted by Crippen LogP contribution is -2.14. The Morgan fingerprint density at radius 2 is 0.522 bits per heavy atom. The van der Waals surface area contributed by atoms with Crippen molar-refractivity contribution in [3.8, 4) is 84.6 Å². The van der Waals surface area contributed by atoms with Gasteiger partial charge in [0.25, 0.3) is 0 Å². The molecule has 16 aromatic rings. The molecular formula is C84H60N6. The number of hydrogen-bond donors (Lipinski definition) is 0. The third kappa shape index (κ3) is 6.80. The summed E-state index contributed by atoms with van der Waals surface area (Å²) in [5.41, 5.74) is 28.4. The highest BCUT2D eigenvalue weighted by Gasteiger charge is 2.40. The van der Waals surface area contributed by atoms with Gasteiger partial charge in [-0.2, -0.15) is 0 Å². The average molecular weight is 1150 g/mol. The number of para-hydroxylation sites is 3. The molecule has 19 rings (SSSR count). The molecule has 6 nitrogen and oxygen atoms in total.